The predicted molar refractivity (Wildman–Crippen MR) is 134 cm³/mol. The summed E-state index contributed by atoms with van der Waals surface area (Å²) in [5, 5.41) is 1.36. The maximum Gasteiger partial charge on any atom is 0.209 e. The molecule has 0 amide bonds. The minimum atomic E-state index is -3.91. The zero-order chi connectivity index (χ0) is 23.0. The molecule has 1 heterocycles. The SMILES string of the molecule is Cc1ccc(S(=O)(=O)c2c(-c3ccccc3)nc3ccccc3c2-c2ccc(Cl)cc2)cc1. The van der Waals surface area contributed by atoms with Crippen LogP contribution in [0.2, 0.25) is 5.02 Å². The first-order chi connectivity index (χ1) is 15.9. The third-order valence-corrected chi connectivity index (χ3v) is 7.71. The number of aromatic nitrogens is 1. The van der Waals surface area contributed by atoms with Gasteiger partial charge >= 0.3 is 0 Å². The number of sulfone groups is 1. The van der Waals surface area contributed by atoms with Crippen molar-refractivity contribution in [1.82, 2.24) is 4.98 Å². The second kappa shape index (κ2) is 8.47. The number of fused-ring (bicyclic) bond motifs is 1. The van der Waals surface area contributed by atoms with Crippen molar-refractivity contribution in [2.45, 2.75) is 16.7 Å². The molecule has 0 saturated heterocycles. The van der Waals surface area contributed by atoms with Gasteiger partial charge in [0.1, 0.15) is 4.90 Å². The van der Waals surface area contributed by atoms with Gasteiger partial charge < -0.3 is 0 Å². The molecular formula is C28H20ClNO2S. The highest BCUT2D eigenvalue weighted by Gasteiger charge is 2.29. The molecule has 162 valence electrons. The van der Waals surface area contributed by atoms with Gasteiger partial charge in [-0.15, -0.1) is 0 Å². The lowest BCUT2D eigenvalue weighted by molar-refractivity contribution is 0.596. The molecule has 0 fully saturated rings. The van der Waals surface area contributed by atoms with E-state index in [1.807, 2.05) is 85.8 Å². The Kier molecular flexibility index (Phi) is 5.49. The Balaban J connectivity index is 1.96. The van der Waals surface area contributed by atoms with Crippen LogP contribution < -0.4 is 0 Å². The summed E-state index contributed by atoms with van der Waals surface area (Å²) in [6, 6.07) is 31.3. The van der Waals surface area contributed by atoms with Crippen LogP contribution in [0.1, 0.15) is 5.56 Å². The Morgan fingerprint density at radius 3 is 2.03 bits per heavy atom. The maximum absolute atomic E-state index is 14.2. The number of hydrogen-bond acceptors (Lipinski definition) is 3. The van der Waals surface area contributed by atoms with Gasteiger partial charge in [-0.25, -0.2) is 13.4 Å². The Labute approximate surface area is 198 Å². The summed E-state index contributed by atoms with van der Waals surface area (Å²) in [7, 11) is -3.91. The standard InChI is InChI=1S/C28H20ClNO2S/c1-19-11-17-23(18-12-19)33(31,32)28-26(20-13-15-22(29)16-14-20)24-9-5-6-10-25(24)30-27(28)21-7-3-2-4-8-21/h2-18H,1H3. The average Bonchev–Trinajstić information content (AvgIpc) is 2.84. The van der Waals surface area contributed by atoms with Crippen molar-refractivity contribution < 1.29 is 8.42 Å². The topological polar surface area (TPSA) is 47.0 Å². The van der Waals surface area contributed by atoms with E-state index in [4.69, 9.17) is 16.6 Å². The Morgan fingerprint density at radius 2 is 1.33 bits per heavy atom. The normalized spacial score (nSPS) is 11.6. The molecule has 4 aromatic carbocycles. The van der Waals surface area contributed by atoms with E-state index in [1.165, 1.54) is 0 Å². The highest BCUT2D eigenvalue weighted by atomic mass is 35.5. The van der Waals surface area contributed by atoms with Crippen molar-refractivity contribution in [3.05, 3.63) is 114 Å². The second-order valence-electron chi connectivity index (χ2n) is 7.87. The minimum Gasteiger partial charge on any atom is -0.246 e. The molecule has 1 aromatic heterocycles. The molecule has 33 heavy (non-hydrogen) atoms. The highest BCUT2D eigenvalue weighted by Crippen LogP contribution is 2.42. The van der Waals surface area contributed by atoms with E-state index in [-0.39, 0.29) is 9.79 Å². The Bertz CT molecular complexity index is 1560. The van der Waals surface area contributed by atoms with Gasteiger partial charge in [0.05, 0.1) is 16.1 Å². The fourth-order valence-corrected chi connectivity index (χ4v) is 5.76. The van der Waals surface area contributed by atoms with Gasteiger partial charge in [0, 0.05) is 21.5 Å². The summed E-state index contributed by atoms with van der Waals surface area (Å²) in [4.78, 5) is 5.28. The summed E-state index contributed by atoms with van der Waals surface area (Å²) in [5.74, 6) is 0. The lowest BCUT2D eigenvalue weighted by atomic mass is 9.98. The smallest absolute Gasteiger partial charge is 0.209 e. The number of halogens is 1. The molecule has 0 aliphatic rings. The van der Waals surface area contributed by atoms with E-state index >= 15 is 0 Å². The molecule has 0 N–H and O–H groups in total. The average molecular weight is 470 g/mol. The van der Waals surface area contributed by atoms with Crippen LogP contribution in [0.3, 0.4) is 0 Å². The first kappa shape index (κ1) is 21.4. The molecule has 0 aliphatic heterocycles. The number of pyridine rings is 1. The van der Waals surface area contributed by atoms with E-state index < -0.39 is 9.84 Å². The highest BCUT2D eigenvalue weighted by molar-refractivity contribution is 7.91. The molecule has 0 atom stereocenters. The molecule has 0 radical (unpaired) electrons. The first-order valence-electron chi connectivity index (χ1n) is 10.5. The molecule has 5 aromatic rings. The molecule has 0 saturated carbocycles. The van der Waals surface area contributed by atoms with Crippen LogP contribution in [-0.2, 0) is 9.84 Å². The second-order valence-corrected chi connectivity index (χ2v) is 10.2. The molecule has 5 rings (SSSR count). The summed E-state index contributed by atoms with van der Waals surface area (Å²) < 4.78 is 28.4. The molecule has 5 heteroatoms. The zero-order valence-corrected chi connectivity index (χ0v) is 19.4. The van der Waals surface area contributed by atoms with Crippen molar-refractivity contribution in [1.29, 1.82) is 0 Å². The Morgan fingerprint density at radius 1 is 0.697 bits per heavy atom. The largest absolute Gasteiger partial charge is 0.246 e. The van der Waals surface area contributed by atoms with Gasteiger partial charge in [-0.1, -0.05) is 90.0 Å². The zero-order valence-electron chi connectivity index (χ0n) is 17.9. The van der Waals surface area contributed by atoms with E-state index in [0.717, 1.165) is 27.6 Å². The van der Waals surface area contributed by atoms with Crippen LogP contribution in [0.4, 0.5) is 0 Å². The van der Waals surface area contributed by atoms with Crippen molar-refractivity contribution in [2.75, 3.05) is 0 Å². The van der Waals surface area contributed by atoms with Crippen LogP contribution in [-0.4, -0.2) is 13.4 Å². The number of nitrogens with zero attached hydrogens (tertiary/aromatic N) is 1. The van der Waals surface area contributed by atoms with Crippen molar-refractivity contribution >= 4 is 32.3 Å². The third-order valence-electron chi connectivity index (χ3n) is 5.63. The lowest BCUT2D eigenvalue weighted by Gasteiger charge is -2.18. The van der Waals surface area contributed by atoms with E-state index in [1.54, 1.807) is 24.3 Å². The molecule has 0 aliphatic carbocycles. The summed E-state index contributed by atoms with van der Waals surface area (Å²) >= 11 is 6.15. The van der Waals surface area contributed by atoms with Crippen LogP contribution in [0, 0.1) is 6.92 Å². The fourth-order valence-electron chi connectivity index (χ4n) is 3.99. The molecule has 0 spiro atoms. The van der Waals surface area contributed by atoms with Crippen molar-refractivity contribution in [3.8, 4) is 22.4 Å². The van der Waals surface area contributed by atoms with Crippen LogP contribution in [0.5, 0.6) is 0 Å². The first-order valence-corrected chi connectivity index (χ1v) is 12.4. The summed E-state index contributed by atoms with van der Waals surface area (Å²) in [6.07, 6.45) is 0. The van der Waals surface area contributed by atoms with Gasteiger partial charge in [0.15, 0.2) is 0 Å². The third kappa shape index (κ3) is 3.92. The number of rotatable bonds is 4. The van der Waals surface area contributed by atoms with Gasteiger partial charge in [-0.05, 0) is 42.8 Å². The van der Waals surface area contributed by atoms with E-state index in [9.17, 15) is 8.42 Å². The number of aryl methyl sites for hydroxylation is 1. The number of benzene rings is 4. The van der Waals surface area contributed by atoms with E-state index in [2.05, 4.69) is 0 Å². The molecular weight excluding hydrogens is 450 g/mol. The fraction of sp³-hybridized carbons (Fsp3) is 0.0357. The monoisotopic (exact) mass is 469 g/mol. The van der Waals surface area contributed by atoms with Gasteiger partial charge in [0.2, 0.25) is 9.84 Å². The van der Waals surface area contributed by atoms with Gasteiger partial charge in [0.25, 0.3) is 0 Å². The van der Waals surface area contributed by atoms with Crippen molar-refractivity contribution in [2.24, 2.45) is 0 Å². The summed E-state index contributed by atoms with van der Waals surface area (Å²) in [5.41, 5.74) is 4.28. The minimum absolute atomic E-state index is 0.193. The Hall–Kier alpha value is -3.47. The van der Waals surface area contributed by atoms with Crippen LogP contribution in [0.15, 0.2) is 113 Å². The predicted octanol–water partition coefficient (Wildman–Crippen LogP) is 7.36. The number of para-hydroxylation sites is 1. The molecule has 0 unspecified atom stereocenters. The quantitative estimate of drug-likeness (QED) is 0.276. The van der Waals surface area contributed by atoms with Crippen LogP contribution >= 0.6 is 11.6 Å². The van der Waals surface area contributed by atoms with E-state index in [0.29, 0.717) is 16.3 Å². The number of hydrogen-bond donors (Lipinski definition) is 0. The summed E-state index contributed by atoms with van der Waals surface area (Å²) in [6.45, 7) is 1.93. The van der Waals surface area contributed by atoms with Crippen LogP contribution in [0.25, 0.3) is 33.3 Å². The molecule has 0 bridgehead atoms. The van der Waals surface area contributed by atoms with Crippen molar-refractivity contribution in [3.63, 3.8) is 0 Å². The maximum atomic E-state index is 14.2. The lowest BCUT2D eigenvalue weighted by Crippen LogP contribution is -2.09. The van der Waals surface area contributed by atoms with Gasteiger partial charge in [-0.2, -0.15) is 0 Å². The van der Waals surface area contributed by atoms with Gasteiger partial charge in [-0.3, -0.25) is 0 Å². The molecule has 3 nitrogen and oxygen atoms in total.